The van der Waals surface area contributed by atoms with Crippen LogP contribution in [-0.2, 0) is 4.79 Å². The molecule has 1 aromatic carbocycles. The summed E-state index contributed by atoms with van der Waals surface area (Å²) >= 11 is 0. The monoisotopic (exact) mass is 369 g/mol. The van der Waals surface area contributed by atoms with E-state index in [0.717, 1.165) is 30.0 Å². The molecular formula is C19H23N5O3. The first-order valence-electron chi connectivity index (χ1n) is 8.79. The fourth-order valence-corrected chi connectivity index (χ4v) is 2.62. The Morgan fingerprint density at radius 2 is 2.15 bits per heavy atom. The lowest BCUT2D eigenvalue weighted by molar-refractivity contribution is -0.139. The van der Waals surface area contributed by atoms with Crippen molar-refractivity contribution in [1.82, 2.24) is 19.9 Å². The van der Waals surface area contributed by atoms with Crippen molar-refractivity contribution in [2.75, 3.05) is 25.0 Å². The largest absolute Gasteiger partial charge is 0.482 e. The molecule has 0 fully saturated rings. The van der Waals surface area contributed by atoms with Gasteiger partial charge in [0.1, 0.15) is 11.6 Å². The van der Waals surface area contributed by atoms with E-state index in [1.807, 2.05) is 24.4 Å². The summed E-state index contributed by atoms with van der Waals surface area (Å²) in [7, 11) is 0. The minimum Gasteiger partial charge on any atom is -0.482 e. The van der Waals surface area contributed by atoms with E-state index in [4.69, 9.17) is 9.84 Å². The zero-order valence-corrected chi connectivity index (χ0v) is 15.3. The molecule has 0 bridgehead atoms. The van der Waals surface area contributed by atoms with Crippen molar-refractivity contribution in [1.29, 1.82) is 0 Å². The highest BCUT2D eigenvalue weighted by Gasteiger charge is 2.10. The maximum atomic E-state index is 10.7. The van der Waals surface area contributed by atoms with Gasteiger partial charge in [0, 0.05) is 30.9 Å². The van der Waals surface area contributed by atoms with Crippen molar-refractivity contribution in [2.45, 2.75) is 19.9 Å². The van der Waals surface area contributed by atoms with Crippen LogP contribution in [0.4, 0.5) is 5.82 Å². The van der Waals surface area contributed by atoms with Crippen molar-refractivity contribution in [3.63, 3.8) is 0 Å². The molecule has 0 radical (unpaired) electrons. The highest BCUT2D eigenvalue weighted by molar-refractivity contribution is 5.78. The molecule has 8 heteroatoms. The van der Waals surface area contributed by atoms with Crippen LogP contribution in [0, 0.1) is 0 Å². The highest BCUT2D eigenvalue weighted by atomic mass is 16.5. The second kappa shape index (κ2) is 8.50. The fraction of sp³-hybridized carbons (Fsp3) is 0.316. The van der Waals surface area contributed by atoms with Gasteiger partial charge in [-0.15, -0.1) is 0 Å². The molecule has 0 spiro atoms. The molecule has 3 rings (SSSR count). The summed E-state index contributed by atoms with van der Waals surface area (Å²) in [6.07, 6.45) is 3.59. The molecule has 3 aromatic rings. The van der Waals surface area contributed by atoms with E-state index in [0.29, 0.717) is 17.4 Å². The molecular weight excluding hydrogens is 346 g/mol. The van der Waals surface area contributed by atoms with Crippen LogP contribution >= 0.6 is 0 Å². The molecule has 2 aromatic heterocycles. The van der Waals surface area contributed by atoms with Gasteiger partial charge >= 0.3 is 5.97 Å². The Morgan fingerprint density at radius 1 is 1.30 bits per heavy atom. The molecule has 142 valence electrons. The molecule has 0 saturated carbocycles. The van der Waals surface area contributed by atoms with Crippen LogP contribution in [0.15, 0.2) is 42.7 Å². The van der Waals surface area contributed by atoms with E-state index >= 15 is 0 Å². The number of fused-ring (bicyclic) bond motifs is 1. The third-order valence-electron chi connectivity index (χ3n) is 3.86. The van der Waals surface area contributed by atoms with E-state index in [1.54, 1.807) is 22.8 Å². The second-order valence-electron chi connectivity index (χ2n) is 6.39. The number of benzene rings is 1. The minimum absolute atomic E-state index is 0.380. The lowest BCUT2D eigenvalue weighted by atomic mass is 10.1. The fourth-order valence-electron chi connectivity index (χ4n) is 2.62. The molecule has 0 aliphatic carbocycles. The van der Waals surface area contributed by atoms with Crippen LogP contribution < -0.4 is 15.4 Å². The number of anilines is 1. The topological polar surface area (TPSA) is 101 Å². The standard InChI is InChI=1S/C19H23N5O3/c1-13(2)20-7-8-21-17-6-9-24-19(23-17)16(11-22-24)14-4-3-5-15(10-14)27-12-18(25)26/h3-6,9-11,13,20H,7-8,12H2,1-2H3,(H,21,23)(H,25,26). The Bertz CT molecular complexity index is 923. The SMILES string of the molecule is CC(C)NCCNc1ccn2ncc(-c3cccc(OCC(=O)O)c3)c2n1. The van der Waals surface area contributed by atoms with E-state index in [1.165, 1.54) is 0 Å². The van der Waals surface area contributed by atoms with Crippen LogP contribution in [0.3, 0.4) is 0 Å². The molecule has 0 aliphatic rings. The van der Waals surface area contributed by atoms with Gasteiger partial charge in [0.05, 0.1) is 6.20 Å². The third kappa shape index (κ3) is 4.95. The molecule has 0 amide bonds. The predicted octanol–water partition coefficient (Wildman–Crippen LogP) is 2.27. The number of ether oxygens (including phenoxy) is 1. The summed E-state index contributed by atoms with van der Waals surface area (Å²) in [6.45, 7) is 5.45. The van der Waals surface area contributed by atoms with Gasteiger partial charge in [-0.1, -0.05) is 26.0 Å². The molecule has 3 N–H and O–H groups in total. The smallest absolute Gasteiger partial charge is 0.341 e. The Kier molecular flexibility index (Phi) is 5.87. The van der Waals surface area contributed by atoms with Crippen molar-refractivity contribution in [2.24, 2.45) is 0 Å². The average Bonchev–Trinajstić information content (AvgIpc) is 3.07. The average molecular weight is 369 g/mol. The molecule has 0 atom stereocenters. The number of nitrogens with zero attached hydrogens (tertiary/aromatic N) is 3. The number of rotatable bonds is 9. The van der Waals surface area contributed by atoms with Crippen molar-refractivity contribution in [3.05, 3.63) is 42.7 Å². The molecule has 0 aliphatic heterocycles. The van der Waals surface area contributed by atoms with Gasteiger partial charge in [0.25, 0.3) is 0 Å². The number of carboxylic acids is 1. The van der Waals surface area contributed by atoms with E-state index in [9.17, 15) is 4.79 Å². The number of hydrogen-bond acceptors (Lipinski definition) is 6. The summed E-state index contributed by atoms with van der Waals surface area (Å²) in [5.74, 6) is 0.247. The van der Waals surface area contributed by atoms with Crippen LogP contribution in [0.25, 0.3) is 16.8 Å². The van der Waals surface area contributed by atoms with Gasteiger partial charge in [-0.2, -0.15) is 5.10 Å². The van der Waals surface area contributed by atoms with Crippen LogP contribution in [-0.4, -0.2) is 51.4 Å². The zero-order valence-electron chi connectivity index (χ0n) is 15.3. The molecule has 8 nitrogen and oxygen atoms in total. The number of nitrogens with one attached hydrogen (secondary N) is 2. The van der Waals surface area contributed by atoms with Gasteiger partial charge in [-0.25, -0.2) is 14.3 Å². The zero-order chi connectivity index (χ0) is 19.2. The molecule has 0 saturated heterocycles. The maximum absolute atomic E-state index is 10.7. The lowest BCUT2D eigenvalue weighted by Gasteiger charge is -2.10. The molecule has 2 heterocycles. The van der Waals surface area contributed by atoms with E-state index in [-0.39, 0.29) is 6.61 Å². The van der Waals surface area contributed by atoms with Gasteiger partial charge in [-0.05, 0) is 23.8 Å². The first-order chi connectivity index (χ1) is 13.0. The van der Waals surface area contributed by atoms with E-state index in [2.05, 4.69) is 34.6 Å². The highest BCUT2D eigenvalue weighted by Crippen LogP contribution is 2.27. The van der Waals surface area contributed by atoms with Crippen LogP contribution in [0.5, 0.6) is 5.75 Å². The Morgan fingerprint density at radius 3 is 2.93 bits per heavy atom. The van der Waals surface area contributed by atoms with Crippen molar-refractivity contribution >= 4 is 17.4 Å². The molecule has 0 unspecified atom stereocenters. The summed E-state index contributed by atoms with van der Waals surface area (Å²) < 4.78 is 6.97. The predicted molar refractivity (Wildman–Crippen MR) is 103 cm³/mol. The van der Waals surface area contributed by atoms with Crippen LogP contribution in [0.2, 0.25) is 0 Å². The number of hydrogen-bond donors (Lipinski definition) is 3. The minimum atomic E-state index is -1.01. The van der Waals surface area contributed by atoms with Gasteiger partial charge in [0.15, 0.2) is 12.3 Å². The normalized spacial score (nSPS) is 11.1. The first kappa shape index (κ1) is 18.7. The molecule has 27 heavy (non-hydrogen) atoms. The number of aromatic nitrogens is 3. The number of carboxylic acid groups (broad SMARTS) is 1. The number of carbonyl (C=O) groups is 1. The van der Waals surface area contributed by atoms with Gasteiger partial charge < -0.3 is 20.5 Å². The Balaban J connectivity index is 1.79. The summed E-state index contributed by atoms with van der Waals surface area (Å²) in [5.41, 5.74) is 2.42. The van der Waals surface area contributed by atoms with Gasteiger partial charge in [-0.3, -0.25) is 0 Å². The van der Waals surface area contributed by atoms with Crippen LogP contribution in [0.1, 0.15) is 13.8 Å². The quantitative estimate of drug-likeness (QED) is 0.497. The second-order valence-corrected chi connectivity index (χ2v) is 6.39. The first-order valence-corrected chi connectivity index (χ1v) is 8.79. The summed E-state index contributed by atoms with van der Waals surface area (Å²) in [5, 5.41) is 19.7. The number of aliphatic carboxylic acids is 1. The lowest BCUT2D eigenvalue weighted by Crippen LogP contribution is -2.28. The maximum Gasteiger partial charge on any atom is 0.341 e. The van der Waals surface area contributed by atoms with Gasteiger partial charge in [0.2, 0.25) is 0 Å². The van der Waals surface area contributed by atoms with Crippen molar-refractivity contribution < 1.29 is 14.6 Å². The third-order valence-corrected chi connectivity index (χ3v) is 3.86. The Labute approximate surface area is 157 Å². The Hall–Kier alpha value is -3.13. The summed E-state index contributed by atoms with van der Waals surface area (Å²) in [6, 6.07) is 9.56. The van der Waals surface area contributed by atoms with E-state index < -0.39 is 5.97 Å². The summed E-state index contributed by atoms with van der Waals surface area (Å²) in [4.78, 5) is 15.3. The van der Waals surface area contributed by atoms with Crippen molar-refractivity contribution in [3.8, 4) is 16.9 Å².